The number of Topliss-reactive ketones (excluding diaryl/α,β-unsaturated/α-hetero) is 1. The number of likely N-dealkylation sites (tertiary alicyclic amines) is 1. The lowest BCUT2D eigenvalue weighted by Gasteiger charge is -2.43. The maximum Gasteiger partial charge on any atom is 0.223 e. The largest absolute Gasteiger partial charge is 0.336 e. The van der Waals surface area contributed by atoms with E-state index in [1.54, 1.807) is 29.2 Å². The summed E-state index contributed by atoms with van der Waals surface area (Å²) in [6, 6.07) is 16.5. The summed E-state index contributed by atoms with van der Waals surface area (Å²) in [6.07, 6.45) is 0.985. The first-order valence-corrected chi connectivity index (χ1v) is 11.3. The number of hydrogen-bond acceptors (Lipinski definition) is 2. The van der Waals surface area contributed by atoms with Gasteiger partial charge in [0, 0.05) is 36.4 Å². The van der Waals surface area contributed by atoms with E-state index < -0.39 is 17.0 Å². The molecular formula is C28H26F3NO2. The minimum absolute atomic E-state index is 0.0118. The average molecular weight is 466 g/mol. The lowest BCUT2D eigenvalue weighted by atomic mass is 9.69. The quantitative estimate of drug-likeness (QED) is 0.424. The second-order valence-electron chi connectivity index (χ2n) is 9.10. The van der Waals surface area contributed by atoms with Gasteiger partial charge in [-0.2, -0.15) is 0 Å². The first-order valence-electron chi connectivity index (χ1n) is 11.3. The van der Waals surface area contributed by atoms with Crippen molar-refractivity contribution in [2.75, 3.05) is 6.54 Å². The van der Waals surface area contributed by atoms with Crippen LogP contribution in [-0.4, -0.2) is 23.1 Å². The number of nitrogens with zero attached hydrogens (tertiary/aromatic N) is 1. The molecule has 1 heterocycles. The molecule has 0 N–H and O–H groups in total. The van der Waals surface area contributed by atoms with Gasteiger partial charge < -0.3 is 4.90 Å². The number of hydrogen-bond donors (Lipinski definition) is 0. The van der Waals surface area contributed by atoms with Gasteiger partial charge in [0.25, 0.3) is 0 Å². The molecule has 0 bridgehead atoms. The Bertz CT molecular complexity index is 1210. The summed E-state index contributed by atoms with van der Waals surface area (Å²) in [6.45, 7) is 3.90. The van der Waals surface area contributed by atoms with Gasteiger partial charge in [0.1, 0.15) is 23.2 Å². The Balaban J connectivity index is 1.54. The lowest BCUT2D eigenvalue weighted by molar-refractivity contribution is -0.139. The van der Waals surface area contributed by atoms with Crippen molar-refractivity contribution in [3.05, 3.63) is 95.3 Å². The van der Waals surface area contributed by atoms with Crippen LogP contribution in [0.2, 0.25) is 0 Å². The van der Waals surface area contributed by atoms with E-state index >= 15 is 0 Å². The third-order valence-electron chi connectivity index (χ3n) is 6.79. The van der Waals surface area contributed by atoms with Gasteiger partial charge in [0.05, 0.1) is 6.04 Å². The number of benzene rings is 3. The number of rotatable bonds is 6. The maximum absolute atomic E-state index is 14.1. The van der Waals surface area contributed by atoms with Gasteiger partial charge in [-0.1, -0.05) is 36.4 Å². The Labute approximate surface area is 197 Å². The SMILES string of the molecule is CC(=O)C[C@@]1(c2ccc(F)cc2)CCN([C@H](C)c2ccc(-c3ccc(F)cc3F)cc2)C(=O)C1. The summed E-state index contributed by atoms with van der Waals surface area (Å²) < 4.78 is 40.8. The minimum atomic E-state index is -0.642. The molecule has 1 aliphatic heterocycles. The van der Waals surface area contributed by atoms with Crippen LogP contribution in [0.4, 0.5) is 13.2 Å². The van der Waals surface area contributed by atoms with Gasteiger partial charge in [0.15, 0.2) is 0 Å². The van der Waals surface area contributed by atoms with Crippen molar-refractivity contribution >= 4 is 11.7 Å². The van der Waals surface area contributed by atoms with Crippen molar-refractivity contribution in [3.8, 4) is 11.1 Å². The molecule has 1 saturated heterocycles. The number of piperidine rings is 1. The number of carbonyl (C=O) groups excluding carboxylic acids is 2. The fourth-order valence-electron chi connectivity index (χ4n) is 4.97. The second kappa shape index (κ2) is 9.45. The molecule has 1 fully saturated rings. The molecule has 2 atom stereocenters. The van der Waals surface area contributed by atoms with Crippen LogP contribution in [0.15, 0.2) is 66.7 Å². The second-order valence-corrected chi connectivity index (χ2v) is 9.10. The molecular weight excluding hydrogens is 439 g/mol. The predicted octanol–water partition coefficient (Wildman–Crippen LogP) is 6.37. The van der Waals surface area contributed by atoms with Gasteiger partial charge in [-0.25, -0.2) is 13.2 Å². The fraction of sp³-hybridized carbons (Fsp3) is 0.286. The lowest BCUT2D eigenvalue weighted by Crippen LogP contribution is -2.48. The van der Waals surface area contributed by atoms with Crippen LogP contribution < -0.4 is 0 Å². The number of amides is 1. The normalized spacial score (nSPS) is 19.2. The van der Waals surface area contributed by atoms with E-state index in [9.17, 15) is 22.8 Å². The summed E-state index contributed by atoms with van der Waals surface area (Å²) in [4.78, 5) is 27.1. The van der Waals surface area contributed by atoms with Crippen molar-refractivity contribution in [3.63, 3.8) is 0 Å². The van der Waals surface area contributed by atoms with Gasteiger partial charge in [0.2, 0.25) is 5.91 Å². The molecule has 34 heavy (non-hydrogen) atoms. The van der Waals surface area contributed by atoms with E-state index in [1.165, 1.54) is 31.2 Å². The van der Waals surface area contributed by atoms with Crippen LogP contribution in [0.3, 0.4) is 0 Å². The smallest absolute Gasteiger partial charge is 0.223 e. The molecule has 3 aromatic carbocycles. The van der Waals surface area contributed by atoms with Crippen LogP contribution in [0.1, 0.15) is 50.3 Å². The predicted molar refractivity (Wildman–Crippen MR) is 125 cm³/mol. The van der Waals surface area contributed by atoms with E-state index in [4.69, 9.17) is 0 Å². The highest BCUT2D eigenvalue weighted by molar-refractivity contribution is 5.83. The van der Waals surface area contributed by atoms with Crippen LogP contribution in [0, 0.1) is 17.5 Å². The van der Waals surface area contributed by atoms with Gasteiger partial charge >= 0.3 is 0 Å². The van der Waals surface area contributed by atoms with Crippen LogP contribution in [0.5, 0.6) is 0 Å². The third kappa shape index (κ3) is 4.76. The highest BCUT2D eigenvalue weighted by Gasteiger charge is 2.42. The summed E-state index contributed by atoms with van der Waals surface area (Å²) >= 11 is 0. The van der Waals surface area contributed by atoms with Crippen molar-refractivity contribution in [1.29, 1.82) is 0 Å². The fourth-order valence-corrected chi connectivity index (χ4v) is 4.97. The van der Waals surface area contributed by atoms with Gasteiger partial charge in [-0.3, -0.25) is 9.59 Å². The Kier molecular flexibility index (Phi) is 6.60. The zero-order chi connectivity index (χ0) is 24.5. The zero-order valence-corrected chi connectivity index (χ0v) is 19.2. The van der Waals surface area contributed by atoms with E-state index in [-0.39, 0.29) is 36.4 Å². The van der Waals surface area contributed by atoms with E-state index in [1.807, 2.05) is 19.1 Å². The van der Waals surface area contributed by atoms with Crippen LogP contribution in [-0.2, 0) is 15.0 Å². The van der Waals surface area contributed by atoms with E-state index in [0.717, 1.165) is 17.2 Å². The van der Waals surface area contributed by atoms with E-state index in [0.29, 0.717) is 24.1 Å². The van der Waals surface area contributed by atoms with Crippen molar-refractivity contribution in [2.45, 2.75) is 44.6 Å². The summed E-state index contributed by atoms with van der Waals surface area (Å²) in [5.41, 5.74) is 1.98. The van der Waals surface area contributed by atoms with Crippen molar-refractivity contribution < 1.29 is 22.8 Å². The van der Waals surface area contributed by atoms with Gasteiger partial charge in [-0.05, 0) is 61.2 Å². The maximum atomic E-state index is 14.1. The molecule has 0 aromatic heterocycles. The number of halogens is 3. The van der Waals surface area contributed by atoms with E-state index in [2.05, 4.69) is 0 Å². The van der Waals surface area contributed by atoms with Crippen molar-refractivity contribution in [2.24, 2.45) is 0 Å². The minimum Gasteiger partial charge on any atom is -0.336 e. The molecule has 176 valence electrons. The number of carbonyl (C=O) groups is 2. The highest BCUT2D eigenvalue weighted by Crippen LogP contribution is 2.41. The number of ketones is 1. The molecule has 3 aromatic rings. The Morgan fingerprint density at radius 1 is 0.971 bits per heavy atom. The monoisotopic (exact) mass is 465 g/mol. The standard InChI is InChI=1S/C28H26F3NO2/c1-18(33)16-28(22-7-9-23(29)10-8-22)13-14-32(27(34)17-28)19(2)20-3-5-21(6-4-20)25-12-11-24(30)15-26(25)31/h3-12,15,19H,13-14,16-17H2,1-2H3/t19-,28+/m1/s1. The first-order chi connectivity index (χ1) is 16.2. The van der Waals surface area contributed by atoms with Crippen LogP contribution >= 0.6 is 0 Å². The topological polar surface area (TPSA) is 37.4 Å². The molecule has 0 spiro atoms. The molecule has 0 unspecified atom stereocenters. The Morgan fingerprint density at radius 3 is 2.21 bits per heavy atom. The molecule has 1 amide bonds. The molecule has 3 nitrogen and oxygen atoms in total. The Morgan fingerprint density at radius 2 is 1.62 bits per heavy atom. The molecule has 4 rings (SSSR count). The summed E-state index contributed by atoms with van der Waals surface area (Å²) in [5.74, 6) is -1.70. The average Bonchev–Trinajstić information content (AvgIpc) is 2.79. The molecule has 0 saturated carbocycles. The summed E-state index contributed by atoms with van der Waals surface area (Å²) in [7, 11) is 0. The summed E-state index contributed by atoms with van der Waals surface area (Å²) in [5, 5.41) is 0. The van der Waals surface area contributed by atoms with Crippen LogP contribution in [0.25, 0.3) is 11.1 Å². The highest BCUT2D eigenvalue weighted by atomic mass is 19.1. The molecule has 1 aliphatic rings. The Hall–Kier alpha value is -3.41. The first kappa shape index (κ1) is 23.7. The zero-order valence-electron chi connectivity index (χ0n) is 19.2. The van der Waals surface area contributed by atoms with Crippen molar-refractivity contribution in [1.82, 2.24) is 4.90 Å². The third-order valence-corrected chi connectivity index (χ3v) is 6.79. The van der Waals surface area contributed by atoms with Gasteiger partial charge in [-0.15, -0.1) is 0 Å². The molecule has 0 aliphatic carbocycles. The molecule has 0 radical (unpaired) electrons. The molecule has 6 heteroatoms.